The zero-order chi connectivity index (χ0) is 20.8. The zero-order valence-corrected chi connectivity index (χ0v) is 18.5. The van der Waals surface area contributed by atoms with Gasteiger partial charge < -0.3 is 14.6 Å². The molecule has 2 heterocycles. The summed E-state index contributed by atoms with van der Waals surface area (Å²) in [7, 11) is 0. The molecule has 0 atom stereocenters. The highest BCUT2D eigenvalue weighted by Crippen LogP contribution is 2.43. The van der Waals surface area contributed by atoms with Crippen LogP contribution in [0.2, 0.25) is 0 Å². The van der Waals surface area contributed by atoms with Crippen molar-refractivity contribution in [2.24, 2.45) is 0 Å². The number of aromatic nitrogens is 2. The molecule has 156 valence electrons. The monoisotopic (exact) mass is 439 g/mol. The van der Waals surface area contributed by atoms with Crippen LogP contribution < -0.4 is 10.1 Å². The summed E-state index contributed by atoms with van der Waals surface area (Å²) in [5.74, 6) is 3.97. The number of carbonyl (C=O) groups excluding carboxylic acids is 1. The van der Waals surface area contributed by atoms with Gasteiger partial charge in [0.25, 0.3) is 5.91 Å². The Morgan fingerprint density at radius 1 is 1.13 bits per heavy atom. The molecule has 7 heteroatoms. The van der Waals surface area contributed by atoms with Gasteiger partial charge in [0, 0.05) is 24.6 Å². The van der Waals surface area contributed by atoms with Gasteiger partial charge in [-0.2, -0.15) is 0 Å². The molecule has 2 aromatic carbocycles. The van der Waals surface area contributed by atoms with Gasteiger partial charge in [-0.15, -0.1) is 23.5 Å². The Morgan fingerprint density at radius 3 is 2.53 bits per heavy atom. The summed E-state index contributed by atoms with van der Waals surface area (Å²) in [5, 5.41) is 2.88. The highest BCUT2D eigenvalue weighted by Gasteiger charge is 2.16. The second-order valence-electron chi connectivity index (χ2n) is 7.13. The molecule has 1 amide bonds. The lowest BCUT2D eigenvalue weighted by atomic mass is 10.2. The van der Waals surface area contributed by atoms with E-state index < -0.39 is 0 Å². The molecular weight excluding hydrogens is 414 g/mol. The van der Waals surface area contributed by atoms with Crippen LogP contribution in [0.5, 0.6) is 5.75 Å². The lowest BCUT2D eigenvalue weighted by Crippen LogP contribution is -2.20. The minimum atomic E-state index is -0.171. The number of amides is 1. The summed E-state index contributed by atoms with van der Waals surface area (Å²) in [6.45, 7) is 2.73. The largest absolute Gasteiger partial charge is 0.484 e. The van der Waals surface area contributed by atoms with Gasteiger partial charge in [-0.3, -0.25) is 4.79 Å². The van der Waals surface area contributed by atoms with E-state index >= 15 is 0 Å². The van der Waals surface area contributed by atoms with Gasteiger partial charge in [-0.1, -0.05) is 24.3 Å². The molecule has 1 aliphatic heterocycles. The lowest BCUT2D eigenvalue weighted by molar-refractivity contribution is -0.118. The lowest BCUT2D eigenvalue weighted by Gasteiger charge is -2.21. The van der Waals surface area contributed by atoms with Crippen LogP contribution in [0.15, 0.2) is 60.9 Å². The number of hydrogen-bond donors (Lipinski definition) is 1. The number of thioether (sulfide) groups is 2. The number of ether oxygens (including phenoxy) is 1. The van der Waals surface area contributed by atoms with Crippen molar-refractivity contribution in [2.45, 2.75) is 24.5 Å². The molecular formula is C23H25N3O2S2. The summed E-state index contributed by atoms with van der Waals surface area (Å²) >= 11 is 4.00. The molecule has 4 rings (SSSR count). The number of benzene rings is 2. The summed E-state index contributed by atoms with van der Waals surface area (Å²) in [6.07, 6.45) is 5.04. The van der Waals surface area contributed by atoms with Crippen LogP contribution in [-0.4, -0.2) is 33.6 Å². The molecule has 0 radical (unpaired) electrons. The molecule has 1 fully saturated rings. The first-order chi connectivity index (χ1) is 14.7. The van der Waals surface area contributed by atoms with Crippen molar-refractivity contribution in [3.05, 3.63) is 77.9 Å². The van der Waals surface area contributed by atoms with Crippen molar-refractivity contribution in [3.63, 3.8) is 0 Å². The summed E-state index contributed by atoms with van der Waals surface area (Å²) in [4.78, 5) is 16.5. The maximum absolute atomic E-state index is 12.2. The van der Waals surface area contributed by atoms with Crippen LogP contribution in [0.1, 0.15) is 28.0 Å². The van der Waals surface area contributed by atoms with E-state index in [0.717, 1.165) is 23.6 Å². The number of carbonyl (C=O) groups is 1. The topological polar surface area (TPSA) is 56.2 Å². The Labute approximate surface area is 185 Å². The van der Waals surface area contributed by atoms with Crippen molar-refractivity contribution in [1.29, 1.82) is 0 Å². The molecule has 1 aliphatic rings. The van der Waals surface area contributed by atoms with Crippen molar-refractivity contribution in [2.75, 3.05) is 23.4 Å². The van der Waals surface area contributed by atoms with E-state index in [0.29, 0.717) is 10.3 Å². The minimum Gasteiger partial charge on any atom is -0.484 e. The SMILES string of the molecule is Cc1nccn1Cc1ccc(NC(=O)COc2ccc(C3SCCCS3)cc2)cc1. The van der Waals surface area contributed by atoms with Crippen molar-refractivity contribution in [1.82, 2.24) is 9.55 Å². The molecule has 5 nitrogen and oxygen atoms in total. The first-order valence-corrected chi connectivity index (χ1v) is 12.1. The number of nitrogens with one attached hydrogen (secondary N) is 1. The van der Waals surface area contributed by atoms with Crippen LogP contribution >= 0.6 is 23.5 Å². The predicted molar refractivity (Wildman–Crippen MR) is 125 cm³/mol. The van der Waals surface area contributed by atoms with Crippen molar-refractivity contribution in [3.8, 4) is 5.75 Å². The third-order valence-electron chi connectivity index (χ3n) is 4.86. The quantitative estimate of drug-likeness (QED) is 0.553. The Bertz CT molecular complexity index is 965. The summed E-state index contributed by atoms with van der Waals surface area (Å²) in [5.41, 5.74) is 3.23. The maximum atomic E-state index is 12.2. The third-order valence-corrected chi connectivity index (χ3v) is 7.88. The summed E-state index contributed by atoms with van der Waals surface area (Å²) < 4.78 is 8.25. The van der Waals surface area contributed by atoms with E-state index in [4.69, 9.17) is 4.74 Å². The van der Waals surface area contributed by atoms with Gasteiger partial charge in [-0.05, 0) is 60.2 Å². The number of aryl methyl sites for hydroxylation is 1. The molecule has 0 aliphatic carbocycles. The van der Waals surface area contributed by atoms with E-state index in [1.807, 2.05) is 73.0 Å². The molecule has 0 saturated carbocycles. The van der Waals surface area contributed by atoms with Crippen LogP contribution in [0.4, 0.5) is 5.69 Å². The van der Waals surface area contributed by atoms with Crippen LogP contribution in [0.3, 0.4) is 0 Å². The number of hydrogen-bond acceptors (Lipinski definition) is 5. The number of nitrogens with zero attached hydrogens (tertiary/aromatic N) is 2. The van der Waals surface area contributed by atoms with Gasteiger partial charge in [0.1, 0.15) is 11.6 Å². The smallest absolute Gasteiger partial charge is 0.262 e. The Hall–Kier alpha value is -2.38. The molecule has 30 heavy (non-hydrogen) atoms. The highest BCUT2D eigenvalue weighted by atomic mass is 32.2. The Morgan fingerprint density at radius 2 is 1.87 bits per heavy atom. The Kier molecular flexibility index (Phi) is 7.02. The number of imidazole rings is 1. The Balaban J connectivity index is 1.25. The van der Waals surface area contributed by atoms with E-state index in [1.54, 1.807) is 6.20 Å². The maximum Gasteiger partial charge on any atom is 0.262 e. The number of anilines is 1. The van der Waals surface area contributed by atoms with Gasteiger partial charge in [0.05, 0.1) is 4.58 Å². The molecule has 1 saturated heterocycles. The molecule has 1 aromatic heterocycles. The summed E-state index contributed by atoms with van der Waals surface area (Å²) in [6, 6.07) is 15.9. The molecule has 1 N–H and O–H groups in total. The van der Waals surface area contributed by atoms with Crippen LogP contribution in [0.25, 0.3) is 0 Å². The van der Waals surface area contributed by atoms with E-state index in [2.05, 4.69) is 27.0 Å². The van der Waals surface area contributed by atoms with Crippen LogP contribution in [-0.2, 0) is 11.3 Å². The molecule has 3 aromatic rings. The average molecular weight is 440 g/mol. The fourth-order valence-electron chi connectivity index (χ4n) is 3.21. The number of rotatable bonds is 7. The van der Waals surface area contributed by atoms with E-state index in [9.17, 15) is 4.79 Å². The van der Waals surface area contributed by atoms with Gasteiger partial charge in [0.15, 0.2) is 6.61 Å². The average Bonchev–Trinajstić information content (AvgIpc) is 3.19. The van der Waals surface area contributed by atoms with Crippen molar-refractivity contribution < 1.29 is 9.53 Å². The second-order valence-corrected chi connectivity index (χ2v) is 9.86. The minimum absolute atomic E-state index is 0.0116. The van der Waals surface area contributed by atoms with Crippen LogP contribution in [0, 0.1) is 6.92 Å². The standard InChI is InChI=1S/C23H25N3O2S2/c1-17-24-11-12-26(17)15-18-3-7-20(8-4-18)25-22(27)16-28-21-9-5-19(6-10-21)23-29-13-2-14-30-23/h3-12,23H,2,13-16H2,1H3,(H,25,27). The van der Waals surface area contributed by atoms with Crippen molar-refractivity contribution >= 4 is 35.1 Å². The highest BCUT2D eigenvalue weighted by molar-refractivity contribution is 8.16. The van der Waals surface area contributed by atoms with Gasteiger partial charge in [0.2, 0.25) is 0 Å². The first-order valence-electron chi connectivity index (χ1n) is 10.00. The molecule has 0 spiro atoms. The molecule has 0 unspecified atom stereocenters. The van der Waals surface area contributed by atoms with E-state index in [1.165, 1.54) is 23.5 Å². The van der Waals surface area contributed by atoms with Gasteiger partial charge in [-0.25, -0.2) is 4.98 Å². The normalized spacial score (nSPS) is 14.4. The fourth-order valence-corrected chi connectivity index (χ4v) is 6.10. The van der Waals surface area contributed by atoms with E-state index in [-0.39, 0.29) is 12.5 Å². The fraction of sp³-hybridized carbons (Fsp3) is 0.304. The first kappa shape index (κ1) is 20.9. The van der Waals surface area contributed by atoms with Gasteiger partial charge >= 0.3 is 0 Å². The molecule has 0 bridgehead atoms. The predicted octanol–water partition coefficient (Wildman–Crippen LogP) is 5.13. The second kappa shape index (κ2) is 10.1. The zero-order valence-electron chi connectivity index (χ0n) is 16.9. The third kappa shape index (κ3) is 5.61.